The van der Waals surface area contributed by atoms with Gasteiger partial charge in [0, 0.05) is 20.9 Å². The first-order valence-corrected chi connectivity index (χ1v) is 7.40. The molecule has 0 bridgehead atoms. The van der Waals surface area contributed by atoms with E-state index < -0.39 is 0 Å². The average molecular weight is 373 g/mol. The van der Waals surface area contributed by atoms with Crippen LogP contribution in [-0.2, 0) is 6.42 Å². The van der Waals surface area contributed by atoms with E-state index in [0.29, 0.717) is 0 Å². The minimum absolute atomic E-state index is 0.176. The molecule has 1 heterocycles. The summed E-state index contributed by atoms with van der Waals surface area (Å²) in [5, 5.41) is 0. The van der Waals surface area contributed by atoms with Gasteiger partial charge in [-0.05, 0) is 36.2 Å². The maximum Gasteiger partial charge on any atom is 0.108 e. The first-order valence-electron chi connectivity index (χ1n) is 5.82. The van der Waals surface area contributed by atoms with Crippen molar-refractivity contribution in [3.8, 4) is 0 Å². The molecule has 0 saturated carbocycles. The summed E-state index contributed by atoms with van der Waals surface area (Å²) < 4.78 is 7.54. The van der Waals surface area contributed by atoms with Gasteiger partial charge in [-0.3, -0.25) is 0 Å². The predicted octanol–water partition coefficient (Wildman–Crippen LogP) is 4.72. The minimum atomic E-state index is -0.176. The Bertz CT molecular complexity index is 563. The monoisotopic (exact) mass is 371 g/mol. The molecule has 0 spiro atoms. The Morgan fingerprint density at radius 3 is 2.61 bits per heavy atom. The van der Waals surface area contributed by atoms with Crippen molar-refractivity contribution in [2.24, 2.45) is 5.73 Å². The fourth-order valence-corrected chi connectivity index (χ4v) is 3.05. The van der Waals surface area contributed by atoms with Crippen molar-refractivity contribution in [1.82, 2.24) is 0 Å². The second-order valence-corrected chi connectivity index (χ2v) is 5.96. The molecule has 0 aliphatic carbocycles. The molecular weight excluding hydrogens is 358 g/mol. The molecule has 1 aromatic heterocycles. The Kier molecular flexibility index (Phi) is 4.30. The highest BCUT2D eigenvalue weighted by molar-refractivity contribution is 9.11. The second-order valence-electron chi connectivity index (χ2n) is 4.25. The predicted molar refractivity (Wildman–Crippen MR) is 80.7 cm³/mol. The van der Waals surface area contributed by atoms with Crippen LogP contribution in [0.2, 0.25) is 0 Å². The van der Waals surface area contributed by atoms with Crippen molar-refractivity contribution in [3.63, 3.8) is 0 Å². The number of benzene rings is 1. The van der Waals surface area contributed by atoms with Gasteiger partial charge in [0.2, 0.25) is 0 Å². The van der Waals surface area contributed by atoms with Crippen molar-refractivity contribution in [2.45, 2.75) is 26.3 Å². The van der Waals surface area contributed by atoms with E-state index in [0.717, 1.165) is 32.3 Å². The first-order chi connectivity index (χ1) is 8.54. The fourth-order valence-electron chi connectivity index (χ4n) is 1.98. The normalized spacial score (nSPS) is 12.7. The number of hydrogen-bond acceptors (Lipinski definition) is 2. The molecule has 0 radical (unpaired) electrons. The van der Waals surface area contributed by atoms with Gasteiger partial charge in [0.15, 0.2) is 0 Å². The molecule has 0 fully saturated rings. The standard InChI is InChI=1S/C14H15Br2NO/c1-3-13-9(4-5-18-13)14(17)10-7-11(15)8(2)6-12(10)16/h4-7,14H,3,17H2,1-2H3. The van der Waals surface area contributed by atoms with Crippen molar-refractivity contribution in [2.75, 3.05) is 0 Å². The van der Waals surface area contributed by atoms with Crippen LogP contribution in [0.25, 0.3) is 0 Å². The molecule has 0 aliphatic heterocycles. The molecule has 2 aromatic rings. The molecule has 1 atom stereocenters. The number of aryl methyl sites for hydroxylation is 2. The van der Waals surface area contributed by atoms with Crippen LogP contribution in [0.5, 0.6) is 0 Å². The Balaban J connectivity index is 2.46. The van der Waals surface area contributed by atoms with Gasteiger partial charge in [-0.25, -0.2) is 0 Å². The lowest BCUT2D eigenvalue weighted by molar-refractivity contribution is 0.509. The van der Waals surface area contributed by atoms with Gasteiger partial charge in [-0.1, -0.05) is 38.8 Å². The van der Waals surface area contributed by atoms with Crippen molar-refractivity contribution in [1.29, 1.82) is 0 Å². The van der Waals surface area contributed by atoms with E-state index in [1.165, 1.54) is 5.56 Å². The number of nitrogens with two attached hydrogens (primary N) is 1. The Labute approximate surface area is 124 Å². The fraction of sp³-hybridized carbons (Fsp3) is 0.286. The highest BCUT2D eigenvalue weighted by atomic mass is 79.9. The summed E-state index contributed by atoms with van der Waals surface area (Å²) in [5.74, 6) is 0.950. The summed E-state index contributed by atoms with van der Waals surface area (Å²) >= 11 is 7.13. The van der Waals surface area contributed by atoms with Crippen LogP contribution in [0, 0.1) is 6.92 Å². The third kappa shape index (κ3) is 2.56. The Morgan fingerprint density at radius 2 is 1.94 bits per heavy atom. The lowest BCUT2D eigenvalue weighted by Gasteiger charge is -2.15. The lowest BCUT2D eigenvalue weighted by Crippen LogP contribution is -2.13. The molecule has 18 heavy (non-hydrogen) atoms. The van der Waals surface area contributed by atoms with E-state index in [1.54, 1.807) is 6.26 Å². The maximum atomic E-state index is 6.35. The molecule has 2 N–H and O–H groups in total. The van der Waals surface area contributed by atoms with Crippen LogP contribution in [0.3, 0.4) is 0 Å². The maximum absolute atomic E-state index is 6.35. The first kappa shape index (κ1) is 13.8. The number of halogens is 2. The Morgan fingerprint density at radius 1 is 1.22 bits per heavy atom. The van der Waals surface area contributed by atoms with E-state index in [2.05, 4.69) is 57.8 Å². The van der Waals surface area contributed by atoms with Gasteiger partial charge in [-0.2, -0.15) is 0 Å². The van der Waals surface area contributed by atoms with Crippen LogP contribution in [0.1, 0.15) is 35.4 Å². The zero-order chi connectivity index (χ0) is 13.3. The van der Waals surface area contributed by atoms with Crippen molar-refractivity contribution in [3.05, 3.63) is 55.9 Å². The van der Waals surface area contributed by atoms with Gasteiger partial charge in [0.05, 0.1) is 12.3 Å². The molecule has 1 unspecified atom stereocenters. The lowest BCUT2D eigenvalue weighted by atomic mass is 9.98. The molecule has 4 heteroatoms. The number of rotatable bonds is 3. The summed E-state index contributed by atoms with van der Waals surface area (Å²) in [7, 11) is 0. The van der Waals surface area contributed by atoms with Crippen molar-refractivity contribution >= 4 is 31.9 Å². The highest BCUT2D eigenvalue weighted by Gasteiger charge is 2.18. The number of hydrogen-bond donors (Lipinski definition) is 1. The summed E-state index contributed by atoms with van der Waals surface area (Å²) in [6.07, 6.45) is 2.55. The van der Waals surface area contributed by atoms with Crippen LogP contribution >= 0.6 is 31.9 Å². The van der Waals surface area contributed by atoms with Crippen LogP contribution in [0.15, 0.2) is 37.8 Å². The van der Waals surface area contributed by atoms with Gasteiger partial charge in [-0.15, -0.1) is 0 Å². The second kappa shape index (κ2) is 5.59. The van der Waals surface area contributed by atoms with Gasteiger partial charge < -0.3 is 10.2 Å². The Hall–Kier alpha value is -0.580. The van der Waals surface area contributed by atoms with Crippen LogP contribution in [0.4, 0.5) is 0 Å². The third-order valence-corrected chi connectivity index (χ3v) is 4.59. The van der Waals surface area contributed by atoms with Gasteiger partial charge >= 0.3 is 0 Å². The minimum Gasteiger partial charge on any atom is -0.469 e. The van der Waals surface area contributed by atoms with Gasteiger partial charge in [0.1, 0.15) is 5.76 Å². The van der Waals surface area contributed by atoms with Gasteiger partial charge in [0.25, 0.3) is 0 Å². The quantitative estimate of drug-likeness (QED) is 0.846. The summed E-state index contributed by atoms with van der Waals surface area (Å²) in [6.45, 7) is 4.12. The van der Waals surface area contributed by atoms with E-state index >= 15 is 0 Å². The van der Waals surface area contributed by atoms with Crippen LogP contribution in [-0.4, -0.2) is 0 Å². The molecule has 2 rings (SSSR count). The van der Waals surface area contributed by atoms with E-state index in [9.17, 15) is 0 Å². The molecule has 1 aromatic carbocycles. The molecule has 96 valence electrons. The van der Waals surface area contributed by atoms with Crippen molar-refractivity contribution < 1.29 is 4.42 Å². The zero-order valence-corrected chi connectivity index (χ0v) is 13.5. The molecule has 0 aliphatic rings. The molecule has 0 saturated heterocycles. The largest absolute Gasteiger partial charge is 0.469 e. The van der Waals surface area contributed by atoms with E-state index in [4.69, 9.17) is 10.2 Å². The average Bonchev–Trinajstić information content (AvgIpc) is 2.81. The topological polar surface area (TPSA) is 39.2 Å². The summed E-state index contributed by atoms with van der Waals surface area (Å²) in [4.78, 5) is 0. The summed E-state index contributed by atoms with van der Waals surface area (Å²) in [5.41, 5.74) is 9.64. The van der Waals surface area contributed by atoms with Crippen LogP contribution < -0.4 is 5.73 Å². The van der Waals surface area contributed by atoms with E-state index in [-0.39, 0.29) is 6.04 Å². The highest BCUT2D eigenvalue weighted by Crippen LogP contribution is 2.33. The summed E-state index contributed by atoms with van der Waals surface area (Å²) in [6, 6.07) is 5.91. The third-order valence-electron chi connectivity index (χ3n) is 3.05. The molecule has 2 nitrogen and oxygen atoms in total. The number of furan rings is 1. The molecular formula is C14H15Br2NO. The smallest absolute Gasteiger partial charge is 0.108 e. The van der Waals surface area contributed by atoms with E-state index in [1.807, 2.05) is 6.07 Å². The zero-order valence-electron chi connectivity index (χ0n) is 10.3. The molecule has 0 amide bonds. The SMILES string of the molecule is CCc1occc1C(N)c1cc(Br)c(C)cc1Br.